The molecule has 10 heavy (non-hydrogen) atoms. The van der Waals surface area contributed by atoms with E-state index >= 15 is 0 Å². The molecule has 0 heterocycles. The van der Waals surface area contributed by atoms with E-state index in [1.54, 1.807) is 6.55 Å². The van der Waals surface area contributed by atoms with E-state index in [1.807, 2.05) is 0 Å². The molecule has 0 saturated heterocycles. The van der Waals surface area contributed by atoms with E-state index in [9.17, 15) is 4.79 Å². The standard InChI is InChI=1S/C5H10Cl2O2Si/c1-5(8)9-10(2,7)4-3-6/h3-4H2,1-2H3. The molecular weight excluding hydrogens is 191 g/mol. The van der Waals surface area contributed by atoms with Crippen LogP contribution in [-0.2, 0) is 9.22 Å². The molecule has 0 aromatic rings. The summed E-state index contributed by atoms with van der Waals surface area (Å²) in [5.74, 6) is 0.119. The van der Waals surface area contributed by atoms with Crippen LogP contribution in [0.15, 0.2) is 0 Å². The maximum atomic E-state index is 10.4. The van der Waals surface area contributed by atoms with Crippen molar-refractivity contribution in [2.45, 2.75) is 19.5 Å². The van der Waals surface area contributed by atoms with Crippen LogP contribution in [0.25, 0.3) is 0 Å². The molecule has 0 amide bonds. The van der Waals surface area contributed by atoms with Gasteiger partial charge in [-0.05, 0) is 6.55 Å². The van der Waals surface area contributed by atoms with Crippen molar-refractivity contribution in [2.75, 3.05) is 5.88 Å². The molecule has 0 N–H and O–H groups in total. The third-order valence-electron chi connectivity index (χ3n) is 0.898. The summed E-state index contributed by atoms with van der Waals surface area (Å²) in [5.41, 5.74) is 0. The van der Waals surface area contributed by atoms with Gasteiger partial charge in [0.25, 0.3) is 5.97 Å². The van der Waals surface area contributed by atoms with Gasteiger partial charge in [0.15, 0.2) is 0 Å². The summed E-state index contributed by atoms with van der Waals surface area (Å²) in [6, 6.07) is 0.593. The summed E-state index contributed by atoms with van der Waals surface area (Å²) in [6.07, 6.45) is 0. The number of rotatable bonds is 3. The smallest absolute Gasteiger partial charge is 0.349 e. The Balaban J connectivity index is 3.74. The molecule has 1 unspecified atom stereocenters. The molecule has 0 spiro atoms. The molecule has 60 valence electrons. The minimum Gasteiger partial charge on any atom is -0.505 e. The van der Waals surface area contributed by atoms with Gasteiger partial charge in [-0.3, -0.25) is 4.79 Å². The summed E-state index contributed by atoms with van der Waals surface area (Å²) in [7, 11) is -2.28. The first-order chi connectivity index (χ1) is 4.48. The predicted octanol–water partition coefficient (Wildman–Crippen LogP) is 2.10. The third kappa shape index (κ3) is 5.08. The van der Waals surface area contributed by atoms with Crippen molar-refractivity contribution in [3.8, 4) is 0 Å². The van der Waals surface area contributed by atoms with Gasteiger partial charge < -0.3 is 4.43 Å². The van der Waals surface area contributed by atoms with Gasteiger partial charge in [0.2, 0.25) is 0 Å². The number of carbonyl (C=O) groups excluding carboxylic acids is 1. The molecule has 1 atom stereocenters. The lowest BCUT2D eigenvalue weighted by atomic mass is 10.9. The monoisotopic (exact) mass is 200 g/mol. The number of alkyl halides is 1. The zero-order chi connectivity index (χ0) is 8.20. The number of hydrogen-bond acceptors (Lipinski definition) is 2. The van der Waals surface area contributed by atoms with Crippen molar-refractivity contribution in [3.05, 3.63) is 0 Å². The van der Waals surface area contributed by atoms with Gasteiger partial charge >= 0.3 is 7.63 Å². The van der Waals surface area contributed by atoms with Crippen LogP contribution in [0, 0.1) is 0 Å². The Bertz CT molecular complexity index is 127. The van der Waals surface area contributed by atoms with Crippen molar-refractivity contribution >= 4 is 36.3 Å². The first-order valence-electron chi connectivity index (χ1n) is 2.92. The molecule has 0 aliphatic carbocycles. The van der Waals surface area contributed by atoms with Crippen molar-refractivity contribution in [1.29, 1.82) is 0 Å². The number of hydrogen-bond donors (Lipinski definition) is 0. The largest absolute Gasteiger partial charge is 0.505 e. The van der Waals surface area contributed by atoms with Crippen LogP contribution in [0.4, 0.5) is 0 Å². The summed E-state index contributed by atoms with van der Waals surface area (Å²) >= 11 is 11.3. The van der Waals surface area contributed by atoms with E-state index in [2.05, 4.69) is 0 Å². The number of halogens is 2. The summed E-state index contributed by atoms with van der Waals surface area (Å²) in [5, 5.41) is 0. The number of carbonyl (C=O) groups is 1. The van der Waals surface area contributed by atoms with Gasteiger partial charge in [-0.1, -0.05) is 0 Å². The van der Waals surface area contributed by atoms with Crippen LogP contribution in [-0.4, -0.2) is 19.5 Å². The topological polar surface area (TPSA) is 26.3 Å². The SMILES string of the molecule is CC(=O)O[Si](C)(Cl)CCCl. The Kier molecular flexibility index (Phi) is 4.32. The average Bonchev–Trinajstić information content (AvgIpc) is 1.59. The van der Waals surface area contributed by atoms with Crippen molar-refractivity contribution in [2.24, 2.45) is 0 Å². The molecule has 0 bridgehead atoms. The van der Waals surface area contributed by atoms with Crippen molar-refractivity contribution in [3.63, 3.8) is 0 Å². The molecule has 0 rings (SSSR count). The fourth-order valence-electron chi connectivity index (χ4n) is 0.519. The van der Waals surface area contributed by atoms with Gasteiger partial charge in [0.1, 0.15) is 0 Å². The molecule has 0 aromatic heterocycles. The van der Waals surface area contributed by atoms with Gasteiger partial charge in [-0.15, -0.1) is 22.7 Å². The van der Waals surface area contributed by atoms with Gasteiger partial charge in [0, 0.05) is 18.8 Å². The fourth-order valence-corrected chi connectivity index (χ4v) is 3.54. The minimum absolute atomic E-state index is 0.325. The van der Waals surface area contributed by atoms with Crippen molar-refractivity contribution < 1.29 is 9.22 Å². The molecular formula is C5H10Cl2O2Si. The van der Waals surface area contributed by atoms with Crippen molar-refractivity contribution in [1.82, 2.24) is 0 Å². The molecule has 5 heteroatoms. The first kappa shape index (κ1) is 10.3. The van der Waals surface area contributed by atoms with E-state index in [0.29, 0.717) is 11.9 Å². The zero-order valence-electron chi connectivity index (χ0n) is 5.99. The van der Waals surface area contributed by atoms with Gasteiger partial charge in [-0.2, -0.15) is 0 Å². The highest BCUT2D eigenvalue weighted by Crippen LogP contribution is 2.16. The van der Waals surface area contributed by atoms with E-state index in [1.165, 1.54) is 6.92 Å². The summed E-state index contributed by atoms with van der Waals surface area (Å²) < 4.78 is 4.86. The third-order valence-corrected chi connectivity index (χ3v) is 4.06. The second-order valence-electron chi connectivity index (χ2n) is 2.13. The maximum absolute atomic E-state index is 10.4. The molecule has 0 fully saturated rings. The maximum Gasteiger partial charge on any atom is 0.349 e. The van der Waals surface area contributed by atoms with E-state index in [-0.39, 0.29) is 5.97 Å². The molecule has 2 nitrogen and oxygen atoms in total. The van der Waals surface area contributed by atoms with Crippen LogP contribution >= 0.6 is 22.7 Å². The highest BCUT2D eigenvalue weighted by molar-refractivity contribution is 7.16. The lowest BCUT2D eigenvalue weighted by Gasteiger charge is -2.16. The fraction of sp³-hybridized carbons (Fsp3) is 0.800. The highest BCUT2D eigenvalue weighted by atomic mass is 35.6. The Morgan fingerprint density at radius 3 is 2.50 bits per heavy atom. The second kappa shape index (κ2) is 4.21. The average molecular weight is 201 g/mol. The molecule has 0 radical (unpaired) electrons. The minimum atomic E-state index is -2.28. The van der Waals surface area contributed by atoms with Crippen LogP contribution in [0.2, 0.25) is 12.6 Å². The first-order valence-corrected chi connectivity index (χ1v) is 7.08. The Morgan fingerprint density at radius 1 is 1.70 bits per heavy atom. The Morgan fingerprint density at radius 2 is 2.20 bits per heavy atom. The predicted molar refractivity (Wildman–Crippen MR) is 44.8 cm³/mol. The van der Waals surface area contributed by atoms with E-state index < -0.39 is 7.63 Å². The molecule has 0 aromatic carbocycles. The molecule has 0 aliphatic rings. The second-order valence-corrected chi connectivity index (χ2v) is 7.82. The lowest BCUT2D eigenvalue weighted by Crippen LogP contribution is -2.29. The van der Waals surface area contributed by atoms with Crippen LogP contribution in [0.5, 0.6) is 0 Å². The quantitative estimate of drug-likeness (QED) is 0.397. The summed E-state index contributed by atoms with van der Waals surface area (Å²) in [4.78, 5) is 10.4. The normalized spacial score (nSPS) is 16.0. The summed E-state index contributed by atoms with van der Waals surface area (Å²) in [6.45, 7) is 3.10. The lowest BCUT2D eigenvalue weighted by molar-refractivity contribution is -0.132. The van der Waals surface area contributed by atoms with Gasteiger partial charge in [0.05, 0.1) is 0 Å². The van der Waals surface area contributed by atoms with Crippen LogP contribution < -0.4 is 0 Å². The Labute approximate surface area is 71.3 Å². The Hall–Kier alpha value is 0.267. The van der Waals surface area contributed by atoms with Crippen LogP contribution in [0.1, 0.15) is 6.92 Å². The van der Waals surface area contributed by atoms with Gasteiger partial charge in [-0.25, -0.2) is 0 Å². The molecule has 0 aliphatic heterocycles. The van der Waals surface area contributed by atoms with E-state index in [0.717, 1.165) is 0 Å². The van der Waals surface area contributed by atoms with E-state index in [4.69, 9.17) is 27.1 Å². The zero-order valence-corrected chi connectivity index (χ0v) is 8.50. The molecule has 0 saturated carbocycles. The highest BCUT2D eigenvalue weighted by Gasteiger charge is 2.28. The van der Waals surface area contributed by atoms with Crippen LogP contribution in [0.3, 0.4) is 0 Å².